The molecule has 0 aliphatic carbocycles. The lowest BCUT2D eigenvalue weighted by molar-refractivity contribution is -0.117. The summed E-state index contributed by atoms with van der Waals surface area (Å²) in [6.07, 6.45) is 4.75. The van der Waals surface area contributed by atoms with Crippen LogP contribution in [0.2, 0.25) is 0 Å². The minimum absolute atomic E-state index is 0.0815. The van der Waals surface area contributed by atoms with Gasteiger partial charge >= 0.3 is 0 Å². The third-order valence-corrected chi connectivity index (χ3v) is 4.01. The predicted octanol–water partition coefficient (Wildman–Crippen LogP) is 2.11. The Labute approximate surface area is 106 Å². The summed E-state index contributed by atoms with van der Waals surface area (Å²) < 4.78 is 0. The highest BCUT2D eigenvalue weighted by Crippen LogP contribution is 2.23. The highest BCUT2D eigenvalue weighted by atomic mass is 32.1. The van der Waals surface area contributed by atoms with E-state index >= 15 is 0 Å². The molecule has 1 aromatic rings. The molecule has 1 aromatic heterocycles. The summed E-state index contributed by atoms with van der Waals surface area (Å²) in [6.45, 7) is 4.33. The van der Waals surface area contributed by atoms with Crippen LogP contribution in [0.1, 0.15) is 26.2 Å². The number of carbonyl (C=O) groups is 1. The fourth-order valence-corrected chi connectivity index (χ4v) is 2.82. The molecular weight excluding hydrogens is 234 g/mol. The van der Waals surface area contributed by atoms with Gasteiger partial charge in [0.25, 0.3) is 0 Å². The molecule has 5 heteroatoms. The van der Waals surface area contributed by atoms with E-state index < -0.39 is 0 Å². The van der Waals surface area contributed by atoms with Gasteiger partial charge in [-0.05, 0) is 37.8 Å². The third-order valence-electron chi connectivity index (χ3n) is 3.33. The molecule has 2 N–H and O–H groups in total. The lowest BCUT2D eigenvalue weighted by Gasteiger charge is -2.27. The Balaban J connectivity index is 1.77. The summed E-state index contributed by atoms with van der Waals surface area (Å²) >= 11 is 1.46. The van der Waals surface area contributed by atoms with E-state index in [1.807, 2.05) is 5.38 Å². The van der Waals surface area contributed by atoms with Gasteiger partial charge in [-0.3, -0.25) is 4.79 Å². The maximum Gasteiger partial charge on any atom is 0.226 e. The second-order valence-electron chi connectivity index (χ2n) is 4.67. The van der Waals surface area contributed by atoms with Crippen molar-refractivity contribution >= 4 is 22.4 Å². The molecule has 1 aliphatic rings. The van der Waals surface area contributed by atoms with Crippen molar-refractivity contribution in [2.24, 2.45) is 11.8 Å². The normalized spacial score (nSPS) is 22.1. The SMILES string of the molecule is CC(CC(=O)Nc1nccs1)C1CCCNC1. The number of hydrogen-bond acceptors (Lipinski definition) is 4. The molecule has 17 heavy (non-hydrogen) atoms. The molecule has 1 aliphatic heterocycles. The zero-order chi connectivity index (χ0) is 12.1. The number of aromatic nitrogens is 1. The van der Waals surface area contributed by atoms with Crippen LogP contribution in [0.25, 0.3) is 0 Å². The van der Waals surface area contributed by atoms with Crippen LogP contribution in [-0.2, 0) is 4.79 Å². The van der Waals surface area contributed by atoms with Crippen LogP contribution in [-0.4, -0.2) is 24.0 Å². The third kappa shape index (κ3) is 3.78. The van der Waals surface area contributed by atoms with Gasteiger partial charge in [-0.1, -0.05) is 6.92 Å². The van der Waals surface area contributed by atoms with E-state index in [4.69, 9.17) is 0 Å². The zero-order valence-electron chi connectivity index (χ0n) is 10.1. The van der Waals surface area contributed by atoms with Gasteiger partial charge in [-0.15, -0.1) is 11.3 Å². The van der Waals surface area contributed by atoms with E-state index in [0.29, 0.717) is 23.4 Å². The smallest absolute Gasteiger partial charge is 0.226 e. The van der Waals surface area contributed by atoms with Crippen LogP contribution in [0.4, 0.5) is 5.13 Å². The van der Waals surface area contributed by atoms with Crippen molar-refractivity contribution in [3.63, 3.8) is 0 Å². The number of thiazole rings is 1. The zero-order valence-corrected chi connectivity index (χ0v) is 10.9. The Morgan fingerprint density at radius 2 is 2.65 bits per heavy atom. The Kier molecular flexibility index (Phi) is 4.50. The highest BCUT2D eigenvalue weighted by molar-refractivity contribution is 7.13. The molecule has 0 radical (unpaired) electrons. The summed E-state index contributed by atoms with van der Waals surface area (Å²) in [5, 5.41) is 8.80. The molecule has 2 rings (SSSR count). The van der Waals surface area contributed by atoms with Crippen molar-refractivity contribution in [1.29, 1.82) is 0 Å². The average molecular weight is 253 g/mol. The standard InChI is InChI=1S/C12H19N3OS/c1-9(10-3-2-4-13-8-10)7-11(16)15-12-14-5-6-17-12/h5-6,9-10,13H,2-4,7-8H2,1H3,(H,14,15,16). The predicted molar refractivity (Wildman–Crippen MR) is 70.1 cm³/mol. The minimum Gasteiger partial charge on any atom is -0.316 e. The summed E-state index contributed by atoms with van der Waals surface area (Å²) in [4.78, 5) is 15.8. The summed E-state index contributed by atoms with van der Waals surface area (Å²) in [6, 6.07) is 0. The molecular formula is C12H19N3OS. The van der Waals surface area contributed by atoms with Gasteiger partial charge in [-0.25, -0.2) is 4.98 Å². The van der Waals surface area contributed by atoms with E-state index in [1.54, 1.807) is 6.20 Å². The van der Waals surface area contributed by atoms with Gasteiger partial charge < -0.3 is 10.6 Å². The number of carbonyl (C=O) groups excluding carboxylic acids is 1. The molecule has 1 fully saturated rings. The second-order valence-corrected chi connectivity index (χ2v) is 5.57. The number of nitrogens with zero attached hydrogens (tertiary/aromatic N) is 1. The quantitative estimate of drug-likeness (QED) is 0.864. The maximum absolute atomic E-state index is 11.8. The summed E-state index contributed by atoms with van der Waals surface area (Å²) in [5.74, 6) is 1.14. The summed E-state index contributed by atoms with van der Waals surface area (Å²) in [7, 11) is 0. The van der Waals surface area contributed by atoms with Crippen LogP contribution < -0.4 is 10.6 Å². The monoisotopic (exact) mass is 253 g/mol. The van der Waals surface area contributed by atoms with Crippen LogP contribution in [0.15, 0.2) is 11.6 Å². The molecule has 0 aromatic carbocycles. The van der Waals surface area contributed by atoms with E-state index in [1.165, 1.54) is 24.2 Å². The molecule has 1 amide bonds. The largest absolute Gasteiger partial charge is 0.316 e. The van der Waals surface area contributed by atoms with Crippen molar-refractivity contribution in [3.8, 4) is 0 Å². The molecule has 2 unspecified atom stereocenters. The molecule has 0 bridgehead atoms. The average Bonchev–Trinajstić information content (AvgIpc) is 2.82. The first kappa shape index (κ1) is 12.5. The first-order valence-electron chi connectivity index (χ1n) is 6.16. The van der Waals surface area contributed by atoms with Crippen molar-refractivity contribution in [2.45, 2.75) is 26.2 Å². The van der Waals surface area contributed by atoms with Gasteiger partial charge in [0.15, 0.2) is 5.13 Å². The van der Waals surface area contributed by atoms with E-state index in [2.05, 4.69) is 22.5 Å². The van der Waals surface area contributed by atoms with Crippen molar-refractivity contribution < 1.29 is 4.79 Å². The number of piperidine rings is 1. The van der Waals surface area contributed by atoms with Crippen molar-refractivity contribution in [1.82, 2.24) is 10.3 Å². The van der Waals surface area contributed by atoms with Gasteiger partial charge in [0, 0.05) is 18.0 Å². The van der Waals surface area contributed by atoms with Crippen molar-refractivity contribution in [3.05, 3.63) is 11.6 Å². The number of rotatable bonds is 4. The van der Waals surface area contributed by atoms with Gasteiger partial charge in [0.1, 0.15) is 0 Å². The molecule has 1 saturated heterocycles. The lowest BCUT2D eigenvalue weighted by Crippen LogP contribution is -2.34. The minimum atomic E-state index is 0.0815. The van der Waals surface area contributed by atoms with E-state index in [-0.39, 0.29) is 5.91 Å². The second kappa shape index (κ2) is 6.12. The molecule has 2 heterocycles. The van der Waals surface area contributed by atoms with Crippen LogP contribution in [0, 0.1) is 11.8 Å². The number of hydrogen-bond donors (Lipinski definition) is 2. The lowest BCUT2D eigenvalue weighted by atomic mass is 9.85. The van der Waals surface area contributed by atoms with Crippen LogP contribution in [0.5, 0.6) is 0 Å². The number of anilines is 1. The fourth-order valence-electron chi connectivity index (χ4n) is 2.28. The molecule has 2 atom stereocenters. The maximum atomic E-state index is 11.8. The van der Waals surface area contributed by atoms with Gasteiger partial charge in [0.2, 0.25) is 5.91 Å². The van der Waals surface area contributed by atoms with E-state index in [0.717, 1.165) is 13.1 Å². The summed E-state index contributed by atoms with van der Waals surface area (Å²) in [5.41, 5.74) is 0. The van der Waals surface area contributed by atoms with Crippen LogP contribution in [0.3, 0.4) is 0 Å². The molecule has 4 nitrogen and oxygen atoms in total. The number of nitrogens with one attached hydrogen (secondary N) is 2. The van der Waals surface area contributed by atoms with E-state index in [9.17, 15) is 4.79 Å². The Morgan fingerprint density at radius 3 is 3.29 bits per heavy atom. The Morgan fingerprint density at radius 1 is 1.76 bits per heavy atom. The Hall–Kier alpha value is -0.940. The first-order chi connectivity index (χ1) is 8.25. The molecule has 0 saturated carbocycles. The number of amides is 1. The van der Waals surface area contributed by atoms with Crippen LogP contribution >= 0.6 is 11.3 Å². The highest BCUT2D eigenvalue weighted by Gasteiger charge is 2.22. The topological polar surface area (TPSA) is 54.0 Å². The van der Waals surface area contributed by atoms with Crippen molar-refractivity contribution in [2.75, 3.05) is 18.4 Å². The van der Waals surface area contributed by atoms with Gasteiger partial charge in [0.05, 0.1) is 0 Å². The van der Waals surface area contributed by atoms with Gasteiger partial charge in [-0.2, -0.15) is 0 Å². The fraction of sp³-hybridized carbons (Fsp3) is 0.667. The Bertz CT molecular complexity index is 347. The molecule has 0 spiro atoms. The first-order valence-corrected chi connectivity index (χ1v) is 7.03. The molecule has 94 valence electrons.